The Morgan fingerprint density at radius 2 is 2.06 bits per heavy atom. The van der Waals surface area contributed by atoms with Gasteiger partial charge in [0.25, 0.3) is 5.56 Å². The standard InChI is InChI=1S/C10H11N3O3.K/c1-6-3-8-12(5-10(15)16)7(2)4-9(14)13(8)11-6;/h3-4H,5H2,1-2H3,(H,15,16);/q;+1/p-1. The van der Waals surface area contributed by atoms with Crippen molar-refractivity contribution in [3.63, 3.8) is 0 Å². The van der Waals surface area contributed by atoms with Gasteiger partial charge in [0.2, 0.25) is 0 Å². The second-order valence-corrected chi connectivity index (χ2v) is 3.64. The summed E-state index contributed by atoms with van der Waals surface area (Å²) in [6.07, 6.45) is 0. The summed E-state index contributed by atoms with van der Waals surface area (Å²) >= 11 is 0. The predicted octanol–water partition coefficient (Wildman–Crippen LogP) is -4.13. The van der Waals surface area contributed by atoms with Crippen molar-refractivity contribution < 1.29 is 61.3 Å². The summed E-state index contributed by atoms with van der Waals surface area (Å²) in [4.78, 5) is 22.2. The quantitative estimate of drug-likeness (QED) is 0.513. The first-order valence-electron chi connectivity index (χ1n) is 4.75. The Morgan fingerprint density at radius 3 is 2.65 bits per heavy atom. The van der Waals surface area contributed by atoms with E-state index in [4.69, 9.17) is 0 Å². The van der Waals surface area contributed by atoms with Gasteiger partial charge in [-0.2, -0.15) is 9.61 Å². The Hall–Kier alpha value is -0.474. The summed E-state index contributed by atoms with van der Waals surface area (Å²) in [5.41, 5.74) is 1.43. The molecule has 0 bridgehead atoms. The molecule has 2 aromatic rings. The molecule has 2 rings (SSSR count). The number of fused-ring (bicyclic) bond motifs is 1. The molecular formula is C10H10KN3O3. The molecular weight excluding hydrogens is 249 g/mol. The van der Waals surface area contributed by atoms with E-state index in [-0.39, 0.29) is 63.5 Å². The zero-order valence-electron chi connectivity index (χ0n) is 9.93. The molecule has 0 aliphatic heterocycles. The van der Waals surface area contributed by atoms with Crippen LogP contribution in [-0.4, -0.2) is 20.2 Å². The Kier molecular flexibility index (Phi) is 4.67. The summed E-state index contributed by atoms with van der Waals surface area (Å²) in [6, 6.07) is 3.01. The molecule has 2 aromatic heterocycles. The van der Waals surface area contributed by atoms with Crippen LogP contribution in [-0.2, 0) is 11.3 Å². The fraction of sp³-hybridized carbons (Fsp3) is 0.300. The molecule has 0 spiro atoms. The molecule has 0 unspecified atom stereocenters. The van der Waals surface area contributed by atoms with Gasteiger partial charge >= 0.3 is 51.4 Å². The number of aliphatic carboxylic acids is 1. The van der Waals surface area contributed by atoms with E-state index in [9.17, 15) is 14.7 Å². The summed E-state index contributed by atoms with van der Waals surface area (Å²) in [5.74, 6) is -1.20. The number of carboxylic acid groups (broad SMARTS) is 1. The number of aromatic nitrogens is 3. The Balaban J connectivity index is 0.00000144. The van der Waals surface area contributed by atoms with Crippen LogP contribution in [0.1, 0.15) is 11.4 Å². The minimum atomic E-state index is -1.20. The van der Waals surface area contributed by atoms with Crippen LogP contribution >= 0.6 is 0 Å². The van der Waals surface area contributed by atoms with E-state index in [1.165, 1.54) is 15.1 Å². The van der Waals surface area contributed by atoms with Gasteiger partial charge in [0.05, 0.1) is 18.2 Å². The number of carbonyl (C=O) groups is 1. The van der Waals surface area contributed by atoms with Crippen LogP contribution in [0.25, 0.3) is 5.65 Å². The van der Waals surface area contributed by atoms with Crippen LogP contribution < -0.4 is 62.1 Å². The van der Waals surface area contributed by atoms with Gasteiger partial charge in [0.1, 0.15) is 5.65 Å². The summed E-state index contributed by atoms with van der Waals surface area (Å²) in [5, 5.41) is 14.6. The summed E-state index contributed by atoms with van der Waals surface area (Å²) in [6.45, 7) is 3.12. The summed E-state index contributed by atoms with van der Waals surface area (Å²) < 4.78 is 2.67. The van der Waals surface area contributed by atoms with Crippen molar-refractivity contribution in [1.29, 1.82) is 0 Å². The average molecular weight is 259 g/mol. The number of nitrogens with zero attached hydrogens (tertiary/aromatic N) is 3. The van der Waals surface area contributed by atoms with E-state index >= 15 is 0 Å². The molecule has 0 aliphatic carbocycles. The Morgan fingerprint density at radius 1 is 1.41 bits per heavy atom. The van der Waals surface area contributed by atoms with Gasteiger partial charge in [-0.25, -0.2) is 0 Å². The van der Waals surface area contributed by atoms with Gasteiger partial charge in [0, 0.05) is 17.8 Å². The number of hydrogen-bond donors (Lipinski definition) is 0. The third-order valence-corrected chi connectivity index (χ3v) is 2.34. The topological polar surface area (TPSA) is 79.4 Å². The molecule has 0 aromatic carbocycles. The van der Waals surface area contributed by atoms with Crippen molar-refractivity contribution in [2.24, 2.45) is 0 Å². The molecule has 6 nitrogen and oxygen atoms in total. The smallest absolute Gasteiger partial charge is 0.548 e. The maximum absolute atomic E-state index is 11.6. The average Bonchev–Trinajstić information content (AvgIpc) is 2.54. The van der Waals surface area contributed by atoms with E-state index < -0.39 is 5.97 Å². The van der Waals surface area contributed by atoms with Crippen LogP contribution in [0.5, 0.6) is 0 Å². The molecule has 0 amide bonds. The monoisotopic (exact) mass is 259 g/mol. The Labute approximate surface area is 140 Å². The van der Waals surface area contributed by atoms with E-state index in [0.29, 0.717) is 17.0 Å². The molecule has 0 saturated carbocycles. The number of rotatable bonds is 2. The van der Waals surface area contributed by atoms with Gasteiger partial charge in [0.15, 0.2) is 0 Å². The molecule has 84 valence electrons. The predicted molar refractivity (Wildman–Crippen MR) is 53.9 cm³/mol. The first-order valence-corrected chi connectivity index (χ1v) is 4.75. The van der Waals surface area contributed by atoms with Gasteiger partial charge in [-0.15, -0.1) is 0 Å². The van der Waals surface area contributed by atoms with Crippen LogP contribution in [0.4, 0.5) is 0 Å². The minimum Gasteiger partial charge on any atom is -0.548 e. The molecule has 0 saturated heterocycles. The van der Waals surface area contributed by atoms with Crippen LogP contribution in [0.3, 0.4) is 0 Å². The second-order valence-electron chi connectivity index (χ2n) is 3.64. The third-order valence-electron chi connectivity index (χ3n) is 2.34. The molecule has 17 heavy (non-hydrogen) atoms. The number of carbonyl (C=O) groups excluding carboxylic acids is 1. The number of hydrogen-bond acceptors (Lipinski definition) is 4. The summed E-state index contributed by atoms with van der Waals surface area (Å²) in [7, 11) is 0. The van der Waals surface area contributed by atoms with Crippen molar-refractivity contribution in [1.82, 2.24) is 14.2 Å². The molecule has 7 heteroatoms. The van der Waals surface area contributed by atoms with Crippen LogP contribution in [0, 0.1) is 13.8 Å². The fourth-order valence-electron chi connectivity index (χ4n) is 1.67. The zero-order valence-corrected chi connectivity index (χ0v) is 13.1. The van der Waals surface area contributed by atoms with E-state index in [1.54, 1.807) is 19.9 Å². The normalized spacial score (nSPS) is 10.2. The van der Waals surface area contributed by atoms with E-state index in [2.05, 4.69) is 5.10 Å². The van der Waals surface area contributed by atoms with Crippen LogP contribution in [0.2, 0.25) is 0 Å². The minimum absolute atomic E-state index is 0. The third kappa shape index (κ3) is 2.86. The maximum Gasteiger partial charge on any atom is 1.00 e. The number of carboxylic acids is 1. The molecule has 0 atom stereocenters. The first kappa shape index (κ1) is 14.6. The first-order chi connectivity index (χ1) is 7.49. The molecule has 0 fully saturated rings. The van der Waals surface area contributed by atoms with Gasteiger partial charge in [-0.1, -0.05) is 0 Å². The zero-order chi connectivity index (χ0) is 11.9. The molecule has 0 N–H and O–H groups in total. The molecule has 2 heterocycles. The SMILES string of the molecule is Cc1cc2n(CC(=O)[O-])c(C)cc(=O)n2n1.[K+]. The van der Waals surface area contributed by atoms with Crippen molar-refractivity contribution in [3.05, 3.63) is 33.9 Å². The van der Waals surface area contributed by atoms with Crippen molar-refractivity contribution >= 4 is 11.6 Å². The van der Waals surface area contributed by atoms with Crippen LogP contribution in [0.15, 0.2) is 16.9 Å². The van der Waals surface area contributed by atoms with E-state index in [0.717, 1.165) is 0 Å². The fourth-order valence-corrected chi connectivity index (χ4v) is 1.67. The largest absolute Gasteiger partial charge is 1.00 e. The van der Waals surface area contributed by atoms with Crippen molar-refractivity contribution in [2.75, 3.05) is 0 Å². The number of aryl methyl sites for hydroxylation is 2. The van der Waals surface area contributed by atoms with Crippen molar-refractivity contribution in [2.45, 2.75) is 20.4 Å². The van der Waals surface area contributed by atoms with Gasteiger partial charge in [-0.3, -0.25) is 4.79 Å². The van der Waals surface area contributed by atoms with Gasteiger partial charge in [-0.05, 0) is 13.8 Å². The molecule has 0 aliphatic rings. The molecule has 0 radical (unpaired) electrons. The van der Waals surface area contributed by atoms with E-state index in [1.807, 2.05) is 0 Å². The second kappa shape index (κ2) is 5.45. The van der Waals surface area contributed by atoms with Crippen molar-refractivity contribution in [3.8, 4) is 0 Å². The Bertz CT molecular complexity index is 629. The maximum atomic E-state index is 11.6. The van der Waals surface area contributed by atoms with Gasteiger partial charge < -0.3 is 14.5 Å².